The van der Waals surface area contributed by atoms with E-state index < -0.39 is 0 Å². The summed E-state index contributed by atoms with van der Waals surface area (Å²) in [5.41, 5.74) is 1.13. The molecule has 0 saturated heterocycles. The number of rotatable bonds is 4. The van der Waals surface area contributed by atoms with Gasteiger partial charge >= 0.3 is 0 Å². The van der Waals surface area contributed by atoms with Gasteiger partial charge in [0.05, 0.1) is 38.1 Å². The van der Waals surface area contributed by atoms with E-state index in [9.17, 15) is 9.59 Å². The zero-order valence-electron chi connectivity index (χ0n) is 13.0. The van der Waals surface area contributed by atoms with E-state index in [1.54, 1.807) is 36.4 Å². The minimum Gasteiger partial charge on any atom is -0.493 e. The van der Waals surface area contributed by atoms with Gasteiger partial charge in [-0.15, -0.1) is 0 Å². The molecule has 6 heteroatoms. The Balaban J connectivity index is 2.13. The normalized spacial score (nSPS) is 13.1. The Morgan fingerprint density at radius 2 is 1.26 bits per heavy atom. The highest BCUT2D eigenvalue weighted by molar-refractivity contribution is 6.34. The molecular weight excluding hydrogens is 298 g/mol. The lowest BCUT2D eigenvalue weighted by molar-refractivity contribution is 0.0926. The Morgan fingerprint density at radius 3 is 1.65 bits per heavy atom. The second-order valence-corrected chi connectivity index (χ2v) is 4.87. The number of carbonyl (C=O) groups excluding carboxylic acids is 2. The number of ether oxygens (including phenoxy) is 3. The Labute approximate surface area is 133 Å². The van der Waals surface area contributed by atoms with Crippen molar-refractivity contribution in [1.29, 1.82) is 0 Å². The van der Waals surface area contributed by atoms with Crippen molar-refractivity contribution in [1.82, 2.24) is 0 Å². The molecule has 0 radical (unpaired) electrons. The summed E-state index contributed by atoms with van der Waals surface area (Å²) in [5, 5.41) is 0. The Bertz CT molecular complexity index is 739. The van der Waals surface area contributed by atoms with Crippen molar-refractivity contribution in [2.75, 3.05) is 26.2 Å². The van der Waals surface area contributed by atoms with E-state index in [4.69, 9.17) is 14.2 Å². The fraction of sp³-hybridized carbons (Fsp3) is 0.176. The molecular formula is C17H15NO5. The van der Waals surface area contributed by atoms with Crippen LogP contribution in [0.25, 0.3) is 0 Å². The van der Waals surface area contributed by atoms with Crippen molar-refractivity contribution in [3.8, 4) is 17.2 Å². The Hall–Kier alpha value is -3.02. The van der Waals surface area contributed by atoms with Gasteiger partial charge in [-0.25, -0.2) is 4.90 Å². The largest absolute Gasteiger partial charge is 0.493 e. The first kappa shape index (κ1) is 14.9. The van der Waals surface area contributed by atoms with E-state index in [1.807, 2.05) is 0 Å². The average Bonchev–Trinajstić information content (AvgIpc) is 2.85. The number of benzene rings is 2. The van der Waals surface area contributed by atoms with E-state index >= 15 is 0 Å². The third kappa shape index (κ3) is 2.19. The average molecular weight is 313 g/mol. The van der Waals surface area contributed by atoms with Crippen LogP contribution in [0.5, 0.6) is 17.2 Å². The molecule has 0 spiro atoms. The van der Waals surface area contributed by atoms with E-state index in [2.05, 4.69) is 0 Å². The standard InChI is InChI=1S/C17H15NO5/c1-21-13-8-10(9-14(22-2)15(13)23-3)18-16(19)11-6-4-5-7-12(11)17(18)20/h4-9H,1-3H3. The molecule has 3 rings (SSSR count). The van der Waals surface area contributed by atoms with Gasteiger partial charge < -0.3 is 14.2 Å². The molecule has 23 heavy (non-hydrogen) atoms. The summed E-state index contributed by atoms with van der Waals surface area (Å²) in [4.78, 5) is 26.2. The summed E-state index contributed by atoms with van der Waals surface area (Å²) < 4.78 is 15.8. The number of carbonyl (C=O) groups is 2. The minimum absolute atomic E-state index is 0.366. The van der Waals surface area contributed by atoms with Gasteiger partial charge in [-0.3, -0.25) is 9.59 Å². The van der Waals surface area contributed by atoms with Crippen LogP contribution in [0.4, 0.5) is 5.69 Å². The molecule has 0 aliphatic carbocycles. The van der Waals surface area contributed by atoms with Crippen LogP contribution in [0, 0.1) is 0 Å². The lowest BCUT2D eigenvalue weighted by atomic mass is 10.1. The van der Waals surface area contributed by atoms with Crippen molar-refractivity contribution >= 4 is 17.5 Å². The zero-order chi connectivity index (χ0) is 16.6. The van der Waals surface area contributed by atoms with Gasteiger partial charge in [0.15, 0.2) is 11.5 Å². The first-order valence-electron chi connectivity index (χ1n) is 6.90. The van der Waals surface area contributed by atoms with Crippen LogP contribution >= 0.6 is 0 Å². The highest BCUT2D eigenvalue weighted by Crippen LogP contribution is 2.42. The summed E-state index contributed by atoms with van der Waals surface area (Å²) in [6.45, 7) is 0. The number of nitrogens with zero attached hydrogens (tertiary/aromatic N) is 1. The molecule has 118 valence electrons. The molecule has 0 bridgehead atoms. The van der Waals surface area contributed by atoms with Crippen molar-refractivity contribution in [3.63, 3.8) is 0 Å². The van der Waals surface area contributed by atoms with Gasteiger partial charge in [0.1, 0.15) is 0 Å². The van der Waals surface area contributed by atoms with Crippen molar-refractivity contribution in [2.24, 2.45) is 0 Å². The SMILES string of the molecule is COc1cc(N2C(=O)c3ccccc3C2=O)cc(OC)c1OC. The van der Waals surface area contributed by atoms with Gasteiger partial charge in [0.2, 0.25) is 5.75 Å². The number of methoxy groups -OCH3 is 3. The van der Waals surface area contributed by atoms with Crippen molar-refractivity contribution < 1.29 is 23.8 Å². The topological polar surface area (TPSA) is 65.1 Å². The summed E-state index contributed by atoms with van der Waals surface area (Å²) in [6.07, 6.45) is 0. The molecule has 0 fully saturated rings. The van der Waals surface area contributed by atoms with Crippen LogP contribution in [0.15, 0.2) is 36.4 Å². The van der Waals surface area contributed by atoms with Gasteiger partial charge in [-0.1, -0.05) is 12.1 Å². The second kappa shape index (κ2) is 5.64. The van der Waals surface area contributed by atoms with Gasteiger partial charge in [-0.05, 0) is 12.1 Å². The number of hydrogen-bond acceptors (Lipinski definition) is 5. The highest BCUT2D eigenvalue weighted by Gasteiger charge is 2.37. The van der Waals surface area contributed by atoms with E-state index in [0.29, 0.717) is 34.1 Å². The molecule has 0 unspecified atom stereocenters. The third-order valence-electron chi connectivity index (χ3n) is 3.70. The molecule has 1 aliphatic rings. The number of hydrogen-bond donors (Lipinski definition) is 0. The molecule has 1 aliphatic heterocycles. The quantitative estimate of drug-likeness (QED) is 0.812. The Morgan fingerprint density at radius 1 is 0.783 bits per heavy atom. The maximum atomic E-state index is 12.6. The summed E-state index contributed by atoms with van der Waals surface area (Å²) in [7, 11) is 4.44. The molecule has 6 nitrogen and oxygen atoms in total. The van der Waals surface area contributed by atoms with E-state index in [0.717, 1.165) is 4.90 Å². The fourth-order valence-corrected chi connectivity index (χ4v) is 2.62. The smallest absolute Gasteiger partial charge is 0.266 e. The maximum Gasteiger partial charge on any atom is 0.266 e. The van der Waals surface area contributed by atoms with Crippen LogP contribution in [0.3, 0.4) is 0 Å². The predicted octanol–water partition coefficient (Wildman–Crippen LogP) is 2.51. The first-order chi connectivity index (χ1) is 11.1. The van der Waals surface area contributed by atoms with Crippen LogP contribution in [0.2, 0.25) is 0 Å². The molecule has 1 heterocycles. The monoisotopic (exact) mass is 313 g/mol. The number of fused-ring (bicyclic) bond motifs is 1. The van der Waals surface area contributed by atoms with Crippen molar-refractivity contribution in [2.45, 2.75) is 0 Å². The lowest BCUT2D eigenvalue weighted by Crippen LogP contribution is -2.29. The summed E-state index contributed by atoms with van der Waals surface area (Å²) >= 11 is 0. The minimum atomic E-state index is -0.375. The molecule has 2 amide bonds. The zero-order valence-corrected chi connectivity index (χ0v) is 13.0. The number of imide groups is 1. The molecule has 0 atom stereocenters. The lowest BCUT2D eigenvalue weighted by Gasteiger charge is -2.18. The highest BCUT2D eigenvalue weighted by atomic mass is 16.5. The predicted molar refractivity (Wildman–Crippen MR) is 83.7 cm³/mol. The van der Waals surface area contributed by atoms with Crippen LogP contribution in [0.1, 0.15) is 20.7 Å². The third-order valence-corrected chi connectivity index (χ3v) is 3.70. The van der Waals surface area contributed by atoms with Crippen molar-refractivity contribution in [3.05, 3.63) is 47.5 Å². The van der Waals surface area contributed by atoms with Crippen LogP contribution in [-0.2, 0) is 0 Å². The van der Waals surface area contributed by atoms with Crippen LogP contribution < -0.4 is 19.1 Å². The fourth-order valence-electron chi connectivity index (χ4n) is 2.62. The molecule has 0 N–H and O–H groups in total. The second-order valence-electron chi connectivity index (χ2n) is 4.87. The number of amides is 2. The van der Waals surface area contributed by atoms with Gasteiger partial charge in [0.25, 0.3) is 11.8 Å². The molecule has 2 aromatic carbocycles. The summed E-state index contributed by atoms with van der Waals surface area (Å²) in [6, 6.07) is 9.86. The van der Waals surface area contributed by atoms with Crippen LogP contribution in [-0.4, -0.2) is 33.1 Å². The first-order valence-corrected chi connectivity index (χ1v) is 6.90. The maximum absolute atomic E-state index is 12.6. The summed E-state index contributed by atoms with van der Waals surface area (Å²) in [5.74, 6) is 0.395. The van der Waals surface area contributed by atoms with Gasteiger partial charge in [-0.2, -0.15) is 0 Å². The van der Waals surface area contributed by atoms with E-state index in [1.165, 1.54) is 21.3 Å². The molecule has 0 saturated carbocycles. The Kier molecular flexibility index (Phi) is 3.65. The number of anilines is 1. The van der Waals surface area contributed by atoms with Gasteiger partial charge in [0, 0.05) is 12.1 Å². The molecule has 0 aromatic heterocycles. The molecule has 2 aromatic rings. The van der Waals surface area contributed by atoms with E-state index in [-0.39, 0.29) is 11.8 Å².